The van der Waals surface area contributed by atoms with E-state index in [1.54, 1.807) is 0 Å². The van der Waals surface area contributed by atoms with Crippen LogP contribution in [0, 0.1) is 6.92 Å². The van der Waals surface area contributed by atoms with E-state index in [0.717, 1.165) is 18.8 Å². The lowest BCUT2D eigenvalue weighted by atomic mass is 10.0. The summed E-state index contributed by atoms with van der Waals surface area (Å²) in [5.74, 6) is 0. The number of anilines is 1. The van der Waals surface area contributed by atoms with Gasteiger partial charge in [0.05, 0.1) is 0 Å². The van der Waals surface area contributed by atoms with Crippen LogP contribution in [0.2, 0.25) is 0 Å². The van der Waals surface area contributed by atoms with Gasteiger partial charge in [0.25, 0.3) is 0 Å². The van der Waals surface area contributed by atoms with Crippen molar-refractivity contribution in [3.05, 3.63) is 65.2 Å². The fourth-order valence-electron chi connectivity index (χ4n) is 3.23. The molecule has 0 atom stereocenters. The summed E-state index contributed by atoms with van der Waals surface area (Å²) in [5, 5.41) is 7.26. The molecule has 0 spiro atoms. The minimum absolute atomic E-state index is 0.664. The summed E-state index contributed by atoms with van der Waals surface area (Å²) < 4.78 is 0. The first-order valence-electron chi connectivity index (χ1n) is 9.11. The van der Waals surface area contributed by atoms with Crippen molar-refractivity contribution >= 4 is 23.0 Å². The molecule has 1 aliphatic rings. The lowest BCUT2D eigenvalue weighted by Gasteiger charge is -2.27. The van der Waals surface area contributed by atoms with Crippen LogP contribution in [0.3, 0.4) is 0 Å². The maximum Gasteiger partial charge on any atom is 0.171 e. The van der Waals surface area contributed by atoms with Gasteiger partial charge in [0, 0.05) is 18.8 Å². The van der Waals surface area contributed by atoms with E-state index in [0.29, 0.717) is 5.11 Å². The third-order valence-electron chi connectivity index (χ3n) is 4.71. The maximum absolute atomic E-state index is 5.44. The number of thiocarbonyl (C=S) groups is 1. The number of aryl methyl sites for hydroxylation is 1. The van der Waals surface area contributed by atoms with Crippen LogP contribution in [0.1, 0.15) is 36.0 Å². The van der Waals surface area contributed by atoms with E-state index in [9.17, 15) is 0 Å². The highest BCUT2D eigenvalue weighted by Gasteiger charge is 2.12. The van der Waals surface area contributed by atoms with E-state index in [-0.39, 0.29) is 0 Å². The number of rotatable bonds is 5. The molecule has 2 N–H and O–H groups in total. The zero-order valence-corrected chi connectivity index (χ0v) is 15.7. The van der Waals surface area contributed by atoms with E-state index >= 15 is 0 Å². The number of hydrogen-bond donors (Lipinski definition) is 2. The van der Waals surface area contributed by atoms with Crippen LogP contribution in [0.5, 0.6) is 0 Å². The van der Waals surface area contributed by atoms with E-state index in [1.807, 2.05) is 12.1 Å². The summed E-state index contributed by atoms with van der Waals surface area (Å²) in [4.78, 5) is 2.56. The van der Waals surface area contributed by atoms with Crippen LogP contribution >= 0.6 is 12.2 Å². The van der Waals surface area contributed by atoms with Crippen LogP contribution in [0.4, 0.5) is 5.69 Å². The average Bonchev–Trinajstić information content (AvgIpc) is 2.64. The zero-order chi connectivity index (χ0) is 17.5. The summed E-state index contributed by atoms with van der Waals surface area (Å²) in [6.45, 7) is 6.31. The smallest absolute Gasteiger partial charge is 0.171 e. The maximum atomic E-state index is 5.44. The molecule has 1 saturated heterocycles. The first kappa shape index (κ1) is 17.9. The number of benzene rings is 2. The molecule has 0 saturated carbocycles. The molecule has 3 rings (SSSR count). The molecule has 4 heteroatoms. The molecule has 0 aliphatic carbocycles. The highest BCUT2D eigenvalue weighted by molar-refractivity contribution is 7.80. The Bertz CT molecular complexity index is 691. The fraction of sp³-hybridized carbons (Fsp3) is 0.381. The quantitative estimate of drug-likeness (QED) is 0.776. The van der Waals surface area contributed by atoms with Gasteiger partial charge in [-0.3, -0.25) is 4.90 Å². The molecule has 1 aliphatic heterocycles. The van der Waals surface area contributed by atoms with Gasteiger partial charge in [-0.1, -0.05) is 48.4 Å². The largest absolute Gasteiger partial charge is 0.358 e. The van der Waals surface area contributed by atoms with E-state index in [2.05, 4.69) is 58.9 Å². The lowest BCUT2D eigenvalue weighted by Crippen LogP contribution is -2.31. The minimum Gasteiger partial charge on any atom is -0.358 e. The normalized spacial score (nSPS) is 14.9. The van der Waals surface area contributed by atoms with Crippen molar-refractivity contribution in [3.63, 3.8) is 0 Å². The summed E-state index contributed by atoms with van der Waals surface area (Å²) in [6, 6.07) is 16.9. The second kappa shape index (κ2) is 8.97. The van der Waals surface area contributed by atoms with Crippen molar-refractivity contribution in [2.24, 2.45) is 0 Å². The van der Waals surface area contributed by atoms with Crippen molar-refractivity contribution in [2.45, 2.75) is 39.3 Å². The van der Waals surface area contributed by atoms with Gasteiger partial charge in [0.15, 0.2) is 5.11 Å². The molecule has 2 aromatic rings. The number of nitrogens with one attached hydrogen (secondary N) is 2. The van der Waals surface area contributed by atoms with Gasteiger partial charge in [0.2, 0.25) is 0 Å². The summed E-state index contributed by atoms with van der Waals surface area (Å²) in [5.41, 5.74) is 4.98. The van der Waals surface area contributed by atoms with E-state index < -0.39 is 0 Å². The molecule has 1 heterocycles. The molecule has 132 valence electrons. The Morgan fingerprint density at radius 2 is 1.64 bits per heavy atom. The number of hydrogen-bond acceptors (Lipinski definition) is 2. The second-order valence-electron chi connectivity index (χ2n) is 6.78. The summed E-state index contributed by atoms with van der Waals surface area (Å²) in [7, 11) is 0. The van der Waals surface area contributed by atoms with Crippen molar-refractivity contribution in [2.75, 3.05) is 18.4 Å². The second-order valence-corrected chi connectivity index (χ2v) is 7.19. The molecule has 0 bridgehead atoms. The molecule has 25 heavy (non-hydrogen) atoms. The Kier molecular flexibility index (Phi) is 6.42. The molecule has 0 radical (unpaired) electrons. The van der Waals surface area contributed by atoms with Gasteiger partial charge in [-0.2, -0.15) is 0 Å². The van der Waals surface area contributed by atoms with Gasteiger partial charge < -0.3 is 10.6 Å². The van der Waals surface area contributed by atoms with Crippen LogP contribution in [-0.4, -0.2) is 23.1 Å². The van der Waals surface area contributed by atoms with Gasteiger partial charge >= 0.3 is 0 Å². The SMILES string of the molecule is Cc1ccc(NC(=S)NCc2ccccc2CN2CCCCC2)cc1. The van der Waals surface area contributed by atoms with E-state index in [4.69, 9.17) is 12.2 Å². The average molecular weight is 354 g/mol. The molecule has 0 amide bonds. The Labute approximate surface area is 156 Å². The van der Waals surface area contributed by atoms with Crippen LogP contribution in [0.15, 0.2) is 48.5 Å². The predicted molar refractivity (Wildman–Crippen MR) is 110 cm³/mol. The molecule has 3 nitrogen and oxygen atoms in total. The van der Waals surface area contributed by atoms with Gasteiger partial charge in [-0.25, -0.2) is 0 Å². The summed E-state index contributed by atoms with van der Waals surface area (Å²) >= 11 is 5.44. The Hall–Kier alpha value is -1.91. The highest BCUT2D eigenvalue weighted by atomic mass is 32.1. The van der Waals surface area contributed by atoms with Gasteiger partial charge in [0.1, 0.15) is 0 Å². The van der Waals surface area contributed by atoms with Crippen molar-refractivity contribution in [1.82, 2.24) is 10.2 Å². The lowest BCUT2D eigenvalue weighted by molar-refractivity contribution is 0.220. The van der Waals surface area contributed by atoms with Crippen molar-refractivity contribution in [1.29, 1.82) is 0 Å². The zero-order valence-electron chi connectivity index (χ0n) is 14.9. The predicted octanol–water partition coefficient (Wildman–Crippen LogP) is 4.47. The first-order valence-corrected chi connectivity index (χ1v) is 9.52. The third kappa shape index (κ3) is 5.55. The van der Waals surface area contributed by atoms with Crippen LogP contribution < -0.4 is 10.6 Å². The van der Waals surface area contributed by atoms with E-state index in [1.165, 1.54) is 49.0 Å². The third-order valence-corrected chi connectivity index (χ3v) is 4.96. The monoisotopic (exact) mass is 353 g/mol. The van der Waals surface area contributed by atoms with Gasteiger partial charge in [-0.15, -0.1) is 0 Å². The summed E-state index contributed by atoms with van der Waals surface area (Å²) in [6.07, 6.45) is 4.02. The Morgan fingerprint density at radius 1 is 0.960 bits per heavy atom. The standard InChI is InChI=1S/C21H27N3S/c1-17-9-11-20(12-10-17)23-21(25)22-15-18-7-3-4-8-19(18)16-24-13-5-2-6-14-24/h3-4,7-12H,2,5-6,13-16H2,1H3,(H2,22,23,25). The van der Waals surface area contributed by atoms with Crippen LogP contribution in [0.25, 0.3) is 0 Å². The molecule has 0 unspecified atom stereocenters. The van der Waals surface area contributed by atoms with Crippen molar-refractivity contribution < 1.29 is 0 Å². The molecular formula is C21H27N3S. The molecule has 1 fully saturated rings. The number of piperidine rings is 1. The fourth-order valence-corrected chi connectivity index (χ4v) is 3.42. The first-order chi connectivity index (χ1) is 12.2. The molecule has 0 aromatic heterocycles. The Balaban J connectivity index is 1.55. The van der Waals surface area contributed by atoms with Crippen LogP contribution in [-0.2, 0) is 13.1 Å². The molecule has 2 aromatic carbocycles. The molecular weight excluding hydrogens is 326 g/mol. The topological polar surface area (TPSA) is 27.3 Å². The number of likely N-dealkylation sites (tertiary alicyclic amines) is 1. The van der Waals surface area contributed by atoms with Gasteiger partial charge in [-0.05, 0) is 68.3 Å². The Morgan fingerprint density at radius 3 is 2.36 bits per heavy atom. The minimum atomic E-state index is 0.664. The highest BCUT2D eigenvalue weighted by Crippen LogP contribution is 2.16. The van der Waals surface area contributed by atoms with Crippen molar-refractivity contribution in [3.8, 4) is 0 Å². The number of nitrogens with zero attached hydrogens (tertiary/aromatic N) is 1.